The van der Waals surface area contributed by atoms with Gasteiger partial charge in [0.05, 0.1) is 0 Å². The van der Waals surface area contributed by atoms with Gasteiger partial charge in [-0.3, -0.25) is 0 Å². The summed E-state index contributed by atoms with van der Waals surface area (Å²) in [5, 5.41) is 0. The highest BCUT2D eigenvalue weighted by Crippen LogP contribution is 2.14. The lowest BCUT2D eigenvalue weighted by molar-refractivity contribution is -0.116. The van der Waals surface area contributed by atoms with Crippen LogP contribution in [0.3, 0.4) is 0 Å². The predicted molar refractivity (Wildman–Crippen MR) is 108 cm³/mol. The third-order valence-corrected chi connectivity index (χ3v) is 4.14. The molecule has 1 nitrogen and oxygen atoms in total. The first-order chi connectivity index (χ1) is 11.3. The fraction of sp³-hybridized carbons (Fsp3) is 0.609. The van der Waals surface area contributed by atoms with Crippen LogP contribution in [0.25, 0.3) is 0 Å². The Morgan fingerprint density at radius 2 is 0.875 bits per heavy atom. The van der Waals surface area contributed by atoms with E-state index in [0.29, 0.717) is 6.42 Å². The van der Waals surface area contributed by atoms with Gasteiger partial charge in [0.2, 0.25) is 0 Å². The Kier molecular flexibility index (Phi) is 13.2. The van der Waals surface area contributed by atoms with Crippen molar-refractivity contribution in [1.82, 2.24) is 0 Å². The zero-order valence-electron chi connectivity index (χ0n) is 16.9. The van der Waals surface area contributed by atoms with E-state index in [4.69, 9.17) is 0 Å². The van der Waals surface area contributed by atoms with Crippen molar-refractivity contribution in [3.05, 3.63) is 46.6 Å². The molecular weight excluding hydrogens is 292 g/mol. The maximum absolute atomic E-state index is 10.9. The molecule has 0 fully saturated rings. The number of carbonyl (C=O) groups excluding carboxylic acids is 1. The Morgan fingerprint density at radius 3 is 1.21 bits per heavy atom. The van der Waals surface area contributed by atoms with E-state index in [9.17, 15) is 4.79 Å². The van der Waals surface area contributed by atoms with Crippen molar-refractivity contribution < 1.29 is 4.79 Å². The highest BCUT2D eigenvalue weighted by atomic mass is 16.1. The van der Waals surface area contributed by atoms with Crippen LogP contribution in [0.5, 0.6) is 0 Å². The van der Waals surface area contributed by atoms with Crippen LogP contribution in [0.15, 0.2) is 46.6 Å². The molecular formula is C23H38O. The summed E-state index contributed by atoms with van der Waals surface area (Å²) in [5.41, 5.74) is 5.80. The van der Waals surface area contributed by atoms with Crippen LogP contribution in [0.2, 0.25) is 0 Å². The minimum absolute atomic E-state index is 0.277. The molecule has 0 amide bonds. The molecule has 1 heteroatoms. The van der Waals surface area contributed by atoms with E-state index in [0.717, 1.165) is 38.5 Å². The Bertz CT molecular complexity index is 482. The van der Waals surface area contributed by atoms with E-state index < -0.39 is 0 Å². The van der Waals surface area contributed by atoms with Crippen LogP contribution in [0.4, 0.5) is 0 Å². The fourth-order valence-corrected chi connectivity index (χ4v) is 2.51. The SMILES string of the molecule is CC(=O)CC/C=C(\C)CC/C=C(\C)CC/C=C(/C)CCC=C(C)C. The Labute approximate surface area is 150 Å². The average Bonchev–Trinajstić information content (AvgIpc) is 2.46. The first kappa shape index (κ1) is 22.6. The predicted octanol–water partition coefficient (Wildman–Crippen LogP) is 7.50. The Hall–Kier alpha value is -1.37. The Balaban J connectivity index is 3.98. The molecule has 0 aliphatic heterocycles. The van der Waals surface area contributed by atoms with Gasteiger partial charge in [-0.05, 0) is 86.5 Å². The molecule has 0 saturated carbocycles. The smallest absolute Gasteiger partial charge is 0.130 e. The second-order valence-corrected chi connectivity index (χ2v) is 7.29. The molecule has 0 aromatic rings. The van der Waals surface area contributed by atoms with Gasteiger partial charge in [0.1, 0.15) is 5.78 Å². The maximum Gasteiger partial charge on any atom is 0.130 e. The van der Waals surface area contributed by atoms with Crippen molar-refractivity contribution >= 4 is 5.78 Å². The lowest BCUT2D eigenvalue weighted by Gasteiger charge is -2.02. The van der Waals surface area contributed by atoms with Crippen LogP contribution in [-0.2, 0) is 4.79 Å². The molecule has 24 heavy (non-hydrogen) atoms. The normalized spacial score (nSPS) is 13.2. The topological polar surface area (TPSA) is 17.1 Å². The van der Waals surface area contributed by atoms with Crippen LogP contribution in [-0.4, -0.2) is 5.78 Å². The second-order valence-electron chi connectivity index (χ2n) is 7.29. The van der Waals surface area contributed by atoms with Gasteiger partial charge >= 0.3 is 0 Å². The van der Waals surface area contributed by atoms with Crippen LogP contribution in [0, 0.1) is 0 Å². The monoisotopic (exact) mass is 330 g/mol. The van der Waals surface area contributed by atoms with Crippen LogP contribution < -0.4 is 0 Å². The van der Waals surface area contributed by atoms with Crippen LogP contribution in [0.1, 0.15) is 92.9 Å². The lowest BCUT2D eigenvalue weighted by Crippen LogP contribution is -1.87. The molecule has 0 saturated heterocycles. The van der Waals surface area contributed by atoms with Gasteiger partial charge in [0.25, 0.3) is 0 Å². The molecule has 0 aromatic carbocycles. The van der Waals surface area contributed by atoms with Gasteiger partial charge in [-0.2, -0.15) is 0 Å². The summed E-state index contributed by atoms with van der Waals surface area (Å²) in [6, 6.07) is 0. The summed E-state index contributed by atoms with van der Waals surface area (Å²) in [7, 11) is 0. The summed E-state index contributed by atoms with van der Waals surface area (Å²) in [4.78, 5) is 10.9. The largest absolute Gasteiger partial charge is 0.300 e. The minimum atomic E-state index is 0.277. The van der Waals surface area contributed by atoms with E-state index in [1.165, 1.54) is 28.7 Å². The van der Waals surface area contributed by atoms with Crippen molar-refractivity contribution in [2.24, 2.45) is 0 Å². The number of carbonyl (C=O) groups is 1. The van der Waals surface area contributed by atoms with Crippen molar-refractivity contribution in [2.75, 3.05) is 0 Å². The van der Waals surface area contributed by atoms with Gasteiger partial charge in [-0.1, -0.05) is 46.6 Å². The van der Waals surface area contributed by atoms with Gasteiger partial charge in [-0.15, -0.1) is 0 Å². The fourth-order valence-electron chi connectivity index (χ4n) is 2.51. The summed E-state index contributed by atoms with van der Waals surface area (Å²) in [6.07, 6.45) is 17.7. The highest BCUT2D eigenvalue weighted by molar-refractivity contribution is 5.75. The van der Waals surface area contributed by atoms with Gasteiger partial charge in [0, 0.05) is 6.42 Å². The average molecular weight is 331 g/mol. The summed E-state index contributed by atoms with van der Waals surface area (Å²) in [6.45, 7) is 12.6. The van der Waals surface area contributed by atoms with Gasteiger partial charge < -0.3 is 4.79 Å². The number of hydrogen-bond acceptors (Lipinski definition) is 1. The van der Waals surface area contributed by atoms with E-state index in [1.807, 2.05) is 0 Å². The molecule has 0 aromatic heterocycles. The molecule has 0 rings (SSSR count). The van der Waals surface area contributed by atoms with Crippen molar-refractivity contribution in [3.8, 4) is 0 Å². The summed E-state index contributed by atoms with van der Waals surface area (Å²) >= 11 is 0. The quantitative estimate of drug-likeness (QED) is 0.338. The van der Waals surface area contributed by atoms with Gasteiger partial charge in [0.15, 0.2) is 0 Å². The van der Waals surface area contributed by atoms with Crippen molar-refractivity contribution in [1.29, 1.82) is 0 Å². The first-order valence-electron chi connectivity index (χ1n) is 9.41. The Morgan fingerprint density at radius 1 is 0.542 bits per heavy atom. The summed E-state index contributed by atoms with van der Waals surface area (Å²) < 4.78 is 0. The van der Waals surface area contributed by atoms with E-state index in [-0.39, 0.29) is 5.78 Å². The van der Waals surface area contributed by atoms with E-state index in [2.05, 4.69) is 58.9 Å². The second kappa shape index (κ2) is 14.0. The number of rotatable bonds is 12. The standard InChI is InChI=1S/C23H38O/c1-19(2)11-7-12-20(3)13-8-14-21(4)15-9-16-22(5)17-10-18-23(6)24/h11,13,15,17H,7-10,12,14,16,18H2,1-6H3/b20-13-,21-15+,22-17+. The lowest BCUT2D eigenvalue weighted by atomic mass is 10.0. The molecule has 0 bridgehead atoms. The number of allylic oxidation sites excluding steroid dienone is 8. The molecule has 0 spiro atoms. The molecule has 0 radical (unpaired) electrons. The molecule has 0 aliphatic carbocycles. The highest BCUT2D eigenvalue weighted by Gasteiger charge is 1.94. The van der Waals surface area contributed by atoms with Gasteiger partial charge in [-0.25, -0.2) is 0 Å². The summed E-state index contributed by atoms with van der Waals surface area (Å²) in [5.74, 6) is 0.277. The number of Topliss-reactive ketones (excluding diaryl/α,β-unsaturated/α-hetero) is 1. The number of ketones is 1. The first-order valence-corrected chi connectivity index (χ1v) is 9.41. The molecule has 0 unspecified atom stereocenters. The molecule has 0 atom stereocenters. The van der Waals surface area contributed by atoms with E-state index in [1.54, 1.807) is 6.92 Å². The maximum atomic E-state index is 10.9. The number of hydrogen-bond donors (Lipinski definition) is 0. The minimum Gasteiger partial charge on any atom is -0.300 e. The van der Waals surface area contributed by atoms with E-state index >= 15 is 0 Å². The molecule has 0 heterocycles. The third kappa shape index (κ3) is 15.5. The molecule has 136 valence electrons. The molecule has 0 aliphatic rings. The van der Waals surface area contributed by atoms with Crippen molar-refractivity contribution in [2.45, 2.75) is 92.9 Å². The molecule has 0 N–H and O–H groups in total. The van der Waals surface area contributed by atoms with Crippen LogP contribution >= 0.6 is 0 Å². The third-order valence-electron chi connectivity index (χ3n) is 4.14. The zero-order valence-corrected chi connectivity index (χ0v) is 16.9. The van der Waals surface area contributed by atoms with Crippen molar-refractivity contribution in [3.63, 3.8) is 0 Å². The zero-order chi connectivity index (χ0) is 18.4.